The Balaban J connectivity index is 1.37. The zero-order valence-electron chi connectivity index (χ0n) is 14.3. The van der Waals surface area contributed by atoms with E-state index in [4.69, 9.17) is 5.11 Å². The molecule has 3 rings (SSSR count). The van der Waals surface area contributed by atoms with E-state index in [0.29, 0.717) is 0 Å². The maximum atomic E-state index is 10.9. The van der Waals surface area contributed by atoms with Crippen molar-refractivity contribution < 1.29 is 9.90 Å². The van der Waals surface area contributed by atoms with Gasteiger partial charge in [-0.15, -0.1) is 0 Å². The quantitative estimate of drug-likeness (QED) is 0.727. The maximum absolute atomic E-state index is 10.9. The van der Waals surface area contributed by atoms with E-state index in [1.807, 2.05) is 0 Å². The van der Waals surface area contributed by atoms with Gasteiger partial charge in [0.1, 0.15) is 0 Å². The monoisotopic (exact) mass is 306 g/mol. The number of carboxylic acids is 1. The highest BCUT2D eigenvalue weighted by Crippen LogP contribution is 2.48. The number of aliphatic carboxylic acids is 1. The summed E-state index contributed by atoms with van der Waals surface area (Å²) in [4.78, 5) is 10.9. The van der Waals surface area contributed by atoms with E-state index in [-0.39, 0.29) is 5.92 Å². The molecule has 3 aliphatic carbocycles. The Morgan fingerprint density at radius 1 is 0.818 bits per heavy atom. The Kier molecular flexibility index (Phi) is 5.46. The summed E-state index contributed by atoms with van der Waals surface area (Å²) in [7, 11) is 0. The summed E-state index contributed by atoms with van der Waals surface area (Å²) in [5.74, 6) is 4.05. The van der Waals surface area contributed by atoms with Gasteiger partial charge in [-0.2, -0.15) is 0 Å². The van der Waals surface area contributed by atoms with E-state index >= 15 is 0 Å². The van der Waals surface area contributed by atoms with Gasteiger partial charge < -0.3 is 5.11 Å². The van der Waals surface area contributed by atoms with Crippen LogP contribution in [-0.4, -0.2) is 11.1 Å². The Hall–Kier alpha value is -0.530. The van der Waals surface area contributed by atoms with E-state index in [2.05, 4.69) is 6.92 Å². The van der Waals surface area contributed by atoms with Crippen LogP contribution in [-0.2, 0) is 4.79 Å². The first kappa shape index (κ1) is 16.3. The smallest absolute Gasteiger partial charge is 0.306 e. The maximum Gasteiger partial charge on any atom is 0.306 e. The Morgan fingerprint density at radius 2 is 1.27 bits per heavy atom. The highest BCUT2D eigenvalue weighted by atomic mass is 16.4. The molecule has 0 spiro atoms. The van der Waals surface area contributed by atoms with Crippen LogP contribution in [0.3, 0.4) is 0 Å². The summed E-state index contributed by atoms with van der Waals surface area (Å²) >= 11 is 0. The van der Waals surface area contributed by atoms with Gasteiger partial charge in [-0.05, 0) is 81.0 Å². The molecule has 0 bridgehead atoms. The van der Waals surface area contributed by atoms with E-state index in [9.17, 15) is 4.79 Å². The number of rotatable bonds is 5. The lowest BCUT2D eigenvalue weighted by molar-refractivity contribution is -0.147. The van der Waals surface area contributed by atoms with Crippen molar-refractivity contribution in [3.63, 3.8) is 0 Å². The van der Waals surface area contributed by atoms with Crippen molar-refractivity contribution in [1.29, 1.82) is 0 Å². The third-order valence-corrected chi connectivity index (χ3v) is 7.26. The molecule has 0 aromatic rings. The molecule has 22 heavy (non-hydrogen) atoms. The molecule has 0 amide bonds. The third kappa shape index (κ3) is 3.68. The Morgan fingerprint density at radius 3 is 1.73 bits per heavy atom. The first-order valence-corrected chi connectivity index (χ1v) is 9.90. The van der Waals surface area contributed by atoms with Crippen molar-refractivity contribution in [3.8, 4) is 0 Å². The van der Waals surface area contributed by atoms with Crippen LogP contribution in [0.15, 0.2) is 0 Å². The fraction of sp³-hybridized carbons (Fsp3) is 0.950. The zero-order valence-corrected chi connectivity index (χ0v) is 14.3. The highest BCUT2D eigenvalue weighted by molar-refractivity contribution is 5.71. The molecular formula is C20H34O2. The van der Waals surface area contributed by atoms with Gasteiger partial charge in [-0.25, -0.2) is 0 Å². The lowest BCUT2D eigenvalue weighted by Crippen LogP contribution is -2.37. The first-order valence-electron chi connectivity index (χ1n) is 9.90. The minimum absolute atomic E-state index is 0.0171. The molecule has 3 saturated carbocycles. The summed E-state index contributed by atoms with van der Waals surface area (Å²) in [6.45, 7) is 2.32. The fourth-order valence-electron chi connectivity index (χ4n) is 5.69. The van der Waals surface area contributed by atoms with Crippen LogP contribution in [0, 0.1) is 35.5 Å². The highest BCUT2D eigenvalue weighted by Gasteiger charge is 2.41. The van der Waals surface area contributed by atoms with Crippen LogP contribution < -0.4 is 0 Å². The molecule has 0 saturated heterocycles. The second-order valence-corrected chi connectivity index (χ2v) is 8.51. The average molecular weight is 306 g/mol. The minimum Gasteiger partial charge on any atom is -0.481 e. The van der Waals surface area contributed by atoms with Gasteiger partial charge in [0.15, 0.2) is 0 Å². The Labute approximate surface area is 136 Å². The summed E-state index contributed by atoms with van der Waals surface area (Å²) in [6.07, 6.45) is 16.3. The van der Waals surface area contributed by atoms with Crippen LogP contribution in [0.4, 0.5) is 0 Å². The van der Waals surface area contributed by atoms with Crippen LogP contribution in [0.1, 0.15) is 84.0 Å². The van der Waals surface area contributed by atoms with Crippen LogP contribution >= 0.6 is 0 Å². The topological polar surface area (TPSA) is 37.3 Å². The van der Waals surface area contributed by atoms with Crippen molar-refractivity contribution in [1.82, 2.24) is 0 Å². The Bertz CT molecular complexity index is 356. The second-order valence-electron chi connectivity index (χ2n) is 8.51. The standard InChI is InChI=1S/C20H34O2/c1-2-3-14-4-6-15(7-5-14)16-8-10-17(11-9-16)18-12-19(13-18)20(21)22/h14-19H,2-13H2,1H3,(H,21,22). The van der Waals surface area contributed by atoms with Crippen molar-refractivity contribution in [2.24, 2.45) is 35.5 Å². The molecule has 0 heterocycles. The molecule has 0 unspecified atom stereocenters. The van der Waals surface area contributed by atoms with E-state index in [1.54, 1.807) is 0 Å². The van der Waals surface area contributed by atoms with E-state index in [1.165, 1.54) is 64.2 Å². The predicted molar refractivity (Wildman–Crippen MR) is 89.7 cm³/mol. The molecule has 0 aliphatic heterocycles. The molecule has 2 heteroatoms. The van der Waals surface area contributed by atoms with Crippen molar-refractivity contribution in [3.05, 3.63) is 0 Å². The molecular weight excluding hydrogens is 272 g/mol. The number of carboxylic acid groups (broad SMARTS) is 1. The van der Waals surface area contributed by atoms with Crippen molar-refractivity contribution in [2.45, 2.75) is 84.0 Å². The van der Waals surface area contributed by atoms with Crippen LogP contribution in [0.5, 0.6) is 0 Å². The molecule has 0 radical (unpaired) electrons. The van der Waals surface area contributed by atoms with E-state index < -0.39 is 5.97 Å². The van der Waals surface area contributed by atoms with Gasteiger partial charge >= 0.3 is 5.97 Å². The minimum atomic E-state index is -0.561. The molecule has 1 N–H and O–H groups in total. The third-order valence-electron chi connectivity index (χ3n) is 7.26. The zero-order chi connectivity index (χ0) is 15.5. The molecule has 0 aromatic heterocycles. The largest absolute Gasteiger partial charge is 0.481 e. The summed E-state index contributed by atoms with van der Waals surface area (Å²) in [5.41, 5.74) is 0. The molecule has 3 fully saturated rings. The normalized spacial score (nSPS) is 42.6. The van der Waals surface area contributed by atoms with Crippen LogP contribution in [0.25, 0.3) is 0 Å². The summed E-state index contributed by atoms with van der Waals surface area (Å²) < 4.78 is 0. The number of carbonyl (C=O) groups is 1. The van der Waals surface area contributed by atoms with E-state index in [0.717, 1.165) is 42.4 Å². The van der Waals surface area contributed by atoms with Gasteiger partial charge in [0.25, 0.3) is 0 Å². The van der Waals surface area contributed by atoms with Crippen molar-refractivity contribution in [2.75, 3.05) is 0 Å². The van der Waals surface area contributed by atoms with Gasteiger partial charge in [0, 0.05) is 0 Å². The van der Waals surface area contributed by atoms with Crippen LogP contribution in [0.2, 0.25) is 0 Å². The second kappa shape index (κ2) is 7.36. The average Bonchev–Trinajstić information content (AvgIpc) is 2.47. The molecule has 3 aliphatic rings. The van der Waals surface area contributed by atoms with Gasteiger partial charge in [-0.1, -0.05) is 32.6 Å². The molecule has 0 atom stereocenters. The number of hydrogen-bond acceptors (Lipinski definition) is 1. The first-order chi connectivity index (χ1) is 10.7. The van der Waals surface area contributed by atoms with Gasteiger partial charge in [-0.3, -0.25) is 4.79 Å². The van der Waals surface area contributed by atoms with Crippen molar-refractivity contribution >= 4 is 5.97 Å². The predicted octanol–water partition coefficient (Wildman–Crippen LogP) is 5.51. The SMILES string of the molecule is CCCC1CCC(C2CCC(C3CC(C(=O)O)C3)CC2)CC1. The molecule has 126 valence electrons. The molecule has 2 nitrogen and oxygen atoms in total. The fourth-order valence-corrected chi connectivity index (χ4v) is 5.69. The summed E-state index contributed by atoms with van der Waals surface area (Å²) in [5, 5.41) is 9.02. The summed E-state index contributed by atoms with van der Waals surface area (Å²) in [6, 6.07) is 0. The molecule has 0 aromatic carbocycles. The van der Waals surface area contributed by atoms with Gasteiger partial charge in [0.05, 0.1) is 5.92 Å². The lowest BCUT2D eigenvalue weighted by Gasteiger charge is -2.43. The number of hydrogen-bond donors (Lipinski definition) is 1. The lowest BCUT2D eigenvalue weighted by atomic mass is 9.61. The van der Waals surface area contributed by atoms with Gasteiger partial charge in [0.2, 0.25) is 0 Å².